The quantitative estimate of drug-likeness (QED) is 0.647. The van der Waals surface area contributed by atoms with Gasteiger partial charge in [0.05, 0.1) is 23.6 Å². The topological polar surface area (TPSA) is 93.5 Å². The monoisotopic (exact) mass is 490 g/mol. The summed E-state index contributed by atoms with van der Waals surface area (Å²) in [6.45, 7) is 0.987. The zero-order valence-corrected chi connectivity index (χ0v) is 18.9. The molecule has 0 aliphatic carbocycles. The maximum Gasteiger partial charge on any atom is 0.419 e. The zero-order valence-electron chi connectivity index (χ0n) is 18.9. The average Bonchev–Trinajstić information content (AvgIpc) is 3.17. The number of hydrogen-bond donors (Lipinski definition) is 1. The maximum absolute atomic E-state index is 13.5. The second kappa shape index (κ2) is 9.74. The summed E-state index contributed by atoms with van der Waals surface area (Å²) < 4.78 is 52.5. The Morgan fingerprint density at radius 3 is 2.46 bits per heavy atom. The molecular formula is C24H22F4N4O3. The minimum absolute atomic E-state index is 0.0679. The number of nitrogens with zero attached hydrogens (tertiary/aromatic N) is 3. The highest BCUT2D eigenvalue weighted by atomic mass is 19.4. The van der Waals surface area contributed by atoms with Gasteiger partial charge in [-0.05, 0) is 43.7 Å². The number of carbonyl (C=O) groups excluding carboxylic acids is 3. The Kier molecular flexibility index (Phi) is 7.14. The van der Waals surface area contributed by atoms with Gasteiger partial charge < -0.3 is 15.1 Å². The van der Waals surface area contributed by atoms with E-state index in [-0.39, 0.29) is 18.9 Å². The van der Waals surface area contributed by atoms with Crippen molar-refractivity contribution in [2.75, 3.05) is 25.5 Å². The normalized spacial score (nSPS) is 19.7. The Morgan fingerprint density at radius 2 is 1.86 bits per heavy atom. The Bertz CT molecular complexity index is 1180. The molecule has 0 aromatic heterocycles. The molecule has 1 N–H and O–H groups in total. The molecule has 2 unspecified atom stereocenters. The van der Waals surface area contributed by atoms with Crippen molar-refractivity contribution in [3.05, 3.63) is 65.5 Å². The molecule has 3 amide bonds. The van der Waals surface area contributed by atoms with Crippen molar-refractivity contribution >= 4 is 23.4 Å². The first kappa shape index (κ1) is 25.7. The third-order valence-corrected chi connectivity index (χ3v) is 5.83. The van der Waals surface area contributed by atoms with E-state index in [2.05, 4.69) is 5.32 Å². The van der Waals surface area contributed by atoms with Crippen molar-refractivity contribution < 1.29 is 31.9 Å². The lowest BCUT2D eigenvalue weighted by molar-refractivity contribution is -0.140. The van der Waals surface area contributed by atoms with E-state index >= 15 is 0 Å². The number of para-hydroxylation sites is 1. The molecule has 1 fully saturated rings. The summed E-state index contributed by atoms with van der Waals surface area (Å²) in [5, 5.41) is 12.3. The Morgan fingerprint density at radius 1 is 1.20 bits per heavy atom. The van der Waals surface area contributed by atoms with Crippen LogP contribution in [0.3, 0.4) is 0 Å². The highest BCUT2D eigenvalue weighted by Crippen LogP contribution is 2.36. The van der Waals surface area contributed by atoms with Crippen molar-refractivity contribution in [2.45, 2.75) is 25.6 Å². The molecule has 1 aliphatic heterocycles. The first-order valence-electron chi connectivity index (χ1n) is 10.5. The summed E-state index contributed by atoms with van der Waals surface area (Å²) in [6.07, 6.45) is -4.92. The van der Waals surface area contributed by atoms with E-state index in [4.69, 9.17) is 0 Å². The number of nitrogens with one attached hydrogen (secondary N) is 1. The van der Waals surface area contributed by atoms with E-state index in [9.17, 15) is 37.2 Å². The zero-order chi connectivity index (χ0) is 26.0. The predicted octanol–water partition coefficient (Wildman–Crippen LogP) is 3.69. The summed E-state index contributed by atoms with van der Waals surface area (Å²) in [7, 11) is 1.20. The van der Waals surface area contributed by atoms with Crippen LogP contribution in [0.1, 0.15) is 29.3 Å². The van der Waals surface area contributed by atoms with Crippen LogP contribution in [-0.2, 0) is 15.8 Å². The smallest absolute Gasteiger partial charge is 0.332 e. The minimum atomic E-state index is -4.99. The largest absolute Gasteiger partial charge is 0.419 e. The van der Waals surface area contributed by atoms with Crippen molar-refractivity contribution in [2.24, 2.45) is 5.41 Å². The van der Waals surface area contributed by atoms with Gasteiger partial charge in [-0.2, -0.15) is 18.4 Å². The molecule has 2 aromatic rings. The highest BCUT2D eigenvalue weighted by Gasteiger charge is 2.48. The van der Waals surface area contributed by atoms with Crippen molar-refractivity contribution in [3.8, 4) is 6.07 Å². The third kappa shape index (κ3) is 5.59. The van der Waals surface area contributed by atoms with Gasteiger partial charge in [-0.15, -0.1) is 0 Å². The van der Waals surface area contributed by atoms with Gasteiger partial charge in [0, 0.05) is 24.8 Å². The van der Waals surface area contributed by atoms with Gasteiger partial charge in [-0.25, -0.2) is 4.39 Å². The van der Waals surface area contributed by atoms with Crippen molar-refractivity contribution in [1.29, 1.82) is 5.26 Å². The summed E-state index contributed by atoms with van der Waals surface area (Å²) in [6, 6.07) is 11.5. The number of nitriles is 1. The van der Waals surface area contributed by atoms with Crippen molar-refractivity contribution in [3.63, 3.8) is 0 Å². The molecule has 35 heavy (non-hydrogen) atoms. The van der Waals surface area contributed by atoms with Crippen LogP contribution >= 0.6 is 0 Å². The molecule has 184 valence electrons. The molecule has 2 atom stereocenters. The van der Waals surface area contributed by atoms with Crippen LogP contribution in [0.15, 0.2) is 48.5 Å². The van der Waals surface area contributed by atoms with Gasteiger partial charge >= 0.3 is 6.18 Å². The molecule has 3 rings (SSSR count). The second-order valence-electron chi connectivity index (χ2n) is 8.61. The number of halogens is 4. The number of amides is 3. The molecule has 1 aliphatic rings. The number of hydrogen-bond acceptors (Lipinski definition) is 4. The van der Waals surface area contributed by atoms with Crippen LogP contribution in [0.25, 0.3) is 0 Å². The van der Waals surface area contributed by atoms with Gasteiger partial charge in [-0.1, -0.05) is 18.2 Å². The van der Waals surface area contributed by atoms with E-state index in [1.165, 1.54) is 11.9 Å². The van der Waals surface area contributed by atoms with Crippen LogP contribution in [0.4, 0.5) is 23.2 Å². The molecule has 7 nitrogen and oxygen atoms in total. The summed E-state index contributed by atoms with van der Waals surface area (Å²) in [5.41, 5.74) is -2.56. The van der Waals surface area contributed by atoms with E-state index in [0.29, 0.717) is 17.8 Å². The number of likely N-dealkylation sites (tertiary alicyclic amines) is 1. The molecule has 0 bridgehead atoms. The molecule has 11 heteroatoms. The van der Waals surface area contributed by atoms with Gasteiger partial charge in [-0.3, -0.25) is 14.4 Å². The number of rotatable bonds is 5. The first-order chi connectivity index (χ1) is 16.4. The molecular weight excluding hydrogens is 468 g/mol. The van der Waals surface area contributed by atoms with Crippen LogP contribution < -0.4 is 5.32 Å². The second-order valence-corrected chi connectivity index (χ2v) is 8.61. The van der Waals surface area contributed by atoms with E-state index in [1.807, 2.05) is 6.07 Å². The summed E-state index contributed by atoms with van der Waals surface area (Å²) in [5.74, 6) is -3.48. The van der Waals surface area contributed by atoms with E-state index in [0.717, 1.165) is 11.0 Å². The lowest BCUT2D eigenvalue weighted by atomic mass is 9.87. The fourth-order valence-electron chi connectivity index (χ4n) is 3.89. The molecule has 1 heterocycles. The lowest BCUT2D eigenvalue weighted by Gasteiger charge is -2.26. The summed E-state index contributed by atoms with van der Waals surface area (Å²) >= 11 is 0. The minimum Gasteiger partial charge on any atom is -0.332 e. The average molecular weight is 490 g/mol. The molecule has 0 spiro atoms. The fraction of sp³-hybridized carbons (Fsp3) is 0.333. The lowest BCUT2D eigenvalue weighted by Crippen LogP contribution is -2.44. The third-order valence-electron chi connectivity index (χ3n) is 5.83. The van der Waals surface area contributed by atoms with E-state index in [1.54, 1.807) is 37.3 Å². The van der Waals surface area contributed by atoms with Crippen LogP contribution in [0, 0.1) is 22.6 Å². The van der Waals surface area contributed by atoms with Gasteiger partial charge in [0.1, 0.15) is 11.9 Å². The van der Waals surface area contributed by atoms with Gasteiger partial charge in [0.15, 0.2) is 0 Å². The van der Waals surface area contributed by atoms with Crippen LogP contribution in [-0.4, -0.2) is 53.7 Å². The Balaban J connectivity index is 1.71. The number of carbonyl (C=O) groups is 3. The maximum atomic E-state index is 13.5. The number of alkyl halides is 3. The Hall–Kier alpha value is -3.94. The molecule has 1 saturated heterocycles. The van der Waals surface area contributed by atoms with E-state index < -0.39 is 52.9 Å². The van der Waals surface area contributed by atoms with Crippen LogP contribution in [0.2, 0.25) is 0 Å². The predicted molar refractivity (Wildman–Crippen MR) is 117 cm³/mol. The van der Waals surface area contributed by atoms with Gasteiger partial charge in [0.2, 0.25) is 11.8 Å². The standard InChI is InChI=1S/C24H22F4N4O3/c1-23(22(35)30-16-6-4-3-5-7-16)11-17(12-29)32(14-23)20(33)13-31(2)21(34)15-8-9-19(25)18(10-15)24(26,27)28/h3-10,17H,11,13-14H2,1-2H3,(H,30,35). The van der Waals surface area contributed by atoms with Crippen LogP contribution in [0.5, 0.6) is 0 Å². The number of anilines is 1. The molecule has 2 aromatic carbocycles. The molecule has 0 radical (unpaired) electrons. The highest BCUT2D eigenvalue weighted by molar-refractivity contribution is 5.98. The summed E-state index contributed by atoms with van der Waals surface area (Å²) in [4.78, 5) is 40.5. The number of likely N-dealkylation sites (N-methyl/N-ethyl adjacent to an activating group) is 1. The Labute approximate surface area is 198 Å². The van der Waals surface area contributed by atoms with Crippen molar-refractivity contribution in [1.82, 2.24) is 9.80 Å². The molecule has 0 saturated carbocycles. The van der Waals surface area contributed by atoms with Gasteiger partial charge in [0.25, 0.3) is 5.91 Å². The first-order valence-corrected chi connectivity index (χ1v) is 10.5. The number of benzene rings is 2. The fourth-order valence-corrected chi connectivity index (χ4v) is 3.89. The SMILES string of the molecule is CN(CC(=O)N1CC(C)(C(=O)Nc2ccccc2)CC1C#N)C(=O)c1ccc(F)c(C(F)(F)F)c1.